The predicted molar refractivity (Wildman–Crippen MR) is 42.9 cm³/mol. The first-order chi connectivity index (χ1) is 4.83. The van der Waals surface area contributed by atoms with Crippen molar-refractivity contribution < 1.29 is 0 Å². The summed E-state index contributed by atoms with van der Waals surface area (Å²) in [5.41, 5.74) is 0. The molecule has 10 heavy (non-hydrogen) atoms. The minimum absolute atomic E-state index is 1.18. The number of hydrogen-bond donors (Lipinski definition) is 0. The molecule has 0 rings (SSSR count). The first-order valence-electron chi connectivity index (χ1n) is 2.34. The molecule has 52 valence electrons. The van der Waals surface area contributed by atoms with Crippen molar-refractivity contribution in [3.05, 3.63) is 38.5 Å². The molecular weight excluding hydrogens is 124 g/mol. The molecule has 0 atom stereocenters. The van der Waals surface area contributed by atoms with Gasteiger partial charge < -0.3 is 0 Å². The van der Waals surface area contributed by atoms with Gasteiger partial charge in [0.1, 0.15) is 0 Å². The Balaban J connectivity index is -0.0000000787. The van der Waals surface area contributed by atoms with Gasteiger partial charge in [-0.2, -0.15) is 10.5 Å². The lowest BCUT2D eigenvalue weighted by atomic mass is 10.8. The molecule has 0 saturated heterocycles. The van der Waals surface area contributed by atoms with E-state index in [1.165, 1.54) is 12.2 Å². The Morgan fingerprint density at radius 3 is 1.00 bits per heavy atom. The van der Waals surface area contributed by atoms with Gasteiger partial charge in [0.25, 0.3) is 0 Å². The van der Waals surface area contributed by atoms with Crippen LogP contribution in [0.25, 0.3) is 0 Å². The smallest absolute Gasteiger partial charge is 0.0905 e. The summed E-state index contributed by atoms with van der Waals surface area (Å²) in [5, 5.41) is 15.0. The quantitative estimate of drug-likeness (QED) is 0.376. The molecule has 0 heterocycles. The van der Waals surface area contributed by atoms with Crippen molar-refractivity contribution in [2.45, 2.75) is 0 Å². The first-order valence-corrected chi connectivity index (χ1v) is 2.34. The molecule has 0 saturated carbocycles. The van der Waals surface area contributed by atoms with Gasteiger partial charge in [0.2, 0.25) is 0 Å². The van der Waals surface area contributed by atoms with Crippen LogP contribution < -0.4 is 0 Å². The highest BCUT2D eigenvalue weighted by Gasteiger charge is 1.34. The summed E-state index contributed by atoms with van der Waals surface area (Å²) < 4.78 is 0. The highest BCUT2D eigenvalue weighted by Crippen LogP contribution is 1.41. The Kier molecular flexibility index (Phi) is 89.9. The minimum atomic E-state index is 1.18. The summed E-state index contributed by atoms with van der Waals surface area (Å²) in [4.78, 5) is 0. The van der Waals surface area contributed by atoms with Gasteiger partial charge in [0.05, 0.1) is 12.1 Å². The lowest BCUT2D eigenvalue weighted by molar-refractivity contribution is 1.54. The molecule has 0 amide bonds. The summed E-state index contributed by atoms with van der Waals surface area (Å²) in [7, 11) is 0. The molecule has 0 N–H and O–H groups in total. The fourth-order valence-electron chi connectivity index (χ4n) is 0. The van der Waals surface area contributed by atoms with E-state index < -0.39 is 0 Å². The van der Waals surface area contributed by atoms with Gasteiger partial charge in [-0.15, -0.1) is 13.2 Å². The van der Waals surface area contributed by atoms with Gasteiger partial charge in [-0.3, -0.25) is 0 Å². The largest absolute Gasteiger partial charge is 0.193 e. The lowest BCUT2D eigenvalue weighted by Crippen LogP contribution is -1.23. The standard InChI is InChI=1S/2C3H3N.C2H4/c2*1-2-3-4;1-2/h2*2H,1H2;1-2H2. The summed E-state index contributed by atoms with van der Waals surface area (Å²) in [6.07, 6.45) is 2.36. The first kappa shape index (κ1) is 15.7. The van der Waals surface area contributed by atoms with Crippen molar-refractivity contribution in [2.24, 2.45) is 0 Å². The number of nitrogens with zero attached hydrogens (tertiary/aromatic N) is 2. The maximum absolute atomic E-state index is 7.51. The second-order valence-electron chi connectivity index (χ2n) is 0.666. The van der Waals surface area contributed by atoms with Gasteiger partial charge in [-0.1, -0.05) is 13.2 Å². The van der Waals surface area contributed by atoms with Crippen LogP contribution in [0.4, 0.5) is 0 Å². The molecule has 0 bridgehead atoms. The van der Waals surface area contributed by atoms with Crippen molar-refractivity contribution in [1.82, 2.24) is 0 Å². The molecule has 0 unspecified atom stereocenters. The van der Waals surface area contributed by atoms with Gasteiger partial charge in [0.15, 0.2) is 0 Å². The molecule has 0 fully saturated rings. The van der Waals surface area contributed by atoms with Crippen LogP contribution in [0.1, 0.15) is 0 Å². The number of hydrogen-bond acceptors (Lipinski definition) is 2. The molecule has 0 aromatic rings. The predicted octanol–water partition coefficient (Wildman–Crippen LogP) is 2.19. The topological polar surface area (TPSA) is 47.6 Å². The van der Waals surface area contributed by atoms with Crippen molar-refractivity contribution >= 4 is 0 Å². The number of rotatable bonds is 0. The average molecular weight is 134 g/mol. The maximum Gasteiger partial charge on any atom is 0.0905 e. The van der Waals surface area contributed by atoms with E-state index in [0.717, 1.165) is 0 Å². The lowest BCUT2D eigenvalue weighted by Gasteiger charge is -1.31. The fourth-order valence-corrected chi connectivity index (χ4v) is 0. The SMILES string of the molecule is C=C.C=CC#N.C=CC#N. The van der Waals surface area contributed by atoms with Crippen molar-refractivity contribution in [2.75, 3.05) is 0 Å². The summed E-state index contributed by atoms with van der Waals surface area (Å²) >= 11 is 0. The molecule has 0 radical (unpaired) electrons. The third-order valence-electron chi connectivity index (χ3n) is 0.183. The van der Waals surface area contributed by atoms with E-state index in [1.807, 2.05) is 0 Å². The number of nitriles is 2. The van der Waals surface area contributed by atoms with Gasteiger partial charge in [0, 0.05) is 12.2 Å². The van der Waals surface area contributed by atoms with Crippen LogP contribution in [-0.2, 0) is 0 Å². The van der Waals surface area contributed by atoms with E-state index in [9.17, 15) is 0 Å². The van der Waals surface area contributed by atoms with Crippen LogP contribution in [0.15, 0.2) is 38.5 Å². The molecule has 0 aliphatic rings. The van der Waals surface area contributed by atoms with E-state index in [4.69, 9.17) is 10.5 Å². The zero-order valence-corrected chi connectivity index (χ0v) is 5.88. The second-order valence-corrected chi connectivity index (χ2v) is 0.666. The molecule has 0 spiro atoms. The third kappa shape index (κ3) is 4190. The molecule has 0 aliphatic carbocycles. The van der Waals surface area contributed by atoms with Crippen LogP contribution in [0.5, 0.6) is 0 Å². The molecule has 0 aliphatic heterocycles. The van der Waals surface area contributed by atoms with E-state index in [2.05, 4.69) is 26.3 Å². The Bertz CT molecular complexity index is 128. The summed E-state index contributed by atoms with van der Waals surface area (Å²) in [6, 6.07) is 3.39. The van der Waals surface area contributed by atoms with Gasteiger partial charge >= 0.3 is 0 Å². The Morgan fingerprint density at radius 2 is 1.00 bits per heavy atom. The van der Waals surface area contributed by atoms with Crippen LogP contribution in [0.2, 0.25) is 0 Å². The van der Waals surface area contributed by atoms with Crippen LogP contribution in [0, 0.1) is 22.7 Å². The Hall–Kier alpha value is -1.80. The van der Waals surface area contributed by atoms with Gasteiger partial charge in [-0.25, -0.2) is 0 Å². The normalized spacial score (nSPS) is 3.40. The summed E-state index contributed by atoms with van der Waals surface area (Å²) in [6.45, 7) is 12.2. The highest BCUT2D eigenvalue weighted by atomic mass is 14.2. The zero-order chi connectivity index (χ0) is 8.83. The Morgan fingerprint density at radius 1 is 0.900 bits per heavy atom. The zero-order valence-electron chi connectivity index (χ0n) is 5.88. The van der Waals surface area contributed by atoms with Crippen molar-refractivity contribution in [3.8, 4) is 12.1 Å². The average Bonchev–Trinajstić information content (AvgIpc) is 2.08. The third-order valence-corrected chi connectivity index (χ3v) is 0.183. The van der Waals surface area contributed by atoms with Crippen LogP contribution in [-0.4, -0.2) is 0 Å². The minimum Gasteiger partial charge on any atom is -0.193 e. The van der Waals surface area contributed by atoms with E-state index in [-0.39, 0.29) is 0 Å². The van der Waals surface area contributed by atoms with Crippen molar-refractivity contribution in [1.29, 1.82) is 10.5 Å². The van der Waals surface area contributed by atoms with Crippen LogP contribution in [0.3, 0.4) is 0 Å². The molecule has 2 nitrogen and oxygen atoms in total. The maximum atomic E-state index is 7.51. The second kappa shape index (κ2) is 57.2. The van der Waals surface area contributed by atoms with Crippen LogP contribution >= 0.6 is 0 Å². The van der Waals surface area contributed by atoms with E-state index in [0.29, 0.717) is 0 Å². The highest BCUT2D eigenvalue weighted by molar-refractivity contribution is 4.93. The Labute approximate surface area is 62.0 Å². The molecule has 2 heteroatoms. The van der Waals surface area contributed by atoms with E-state index in [1.54, 1.807) is 12.1 Å². The fraction of sp³-hybridized carbons (Fsp3) is 0. The molecule has 0 aromatic carbocycles. The summed E-state index contributed by atoms with van der Waals surface area (Å²) in [5.74, 6) is 0. The monoisotopic (exact) mass is 134 g/mol. The molecule has 0 aromatic heterocycles. The van der Waals surface area contributed by atoms with Crippen molar-refractivity contribution in [3.63, 3.8) is 0 Å². The van der Waals surface area contributed by atoms with E-state index >= 15 is 0 Å². The van der Waals surface area contributed by atoms with Gasteiger partial charge in [-0.05, 0) is 0 Å². The number of allylic oxidation sites excluding steroid dienone is 2. The molecular formula is C8H10N2.